The van der Waals surface area contributed by atoms with E-state index in [4.69, 9.17) is 16.3 Å². The topological polar surface area (TPSA) is 82.1 Å². The number of alkyl halides is 3. The van der Waals surface area contributed by atoms with Gasteiger partial charge in [0.1, 0.15) is 11.6 Å². The summed E-state index contributed by atoms with van der Waals surface area (Å²) in [5.41, 5.74) is -1.49. The van der Waals surface area contributed by atoms with Crippen molar-refractivity contribution in [1.29, 1.82) is 0 Å². The first kappa shape index (κ1) is 25.4. The van der Waals surface area contributed by atoms with Crippen molar-refractivity contribution >= 4 is 29.3 Å². The average molecular weight is 492 g/mol. The number of aliphatic hydroxyl groups is 1. The van der Waals surface area contributed by atoms with E-state index in [1.807, 2.05) is 0 Å². The Bertz CT molecular complexity index is 891. The molecular weight excluding hydrogens is 463 g/mol. The van der Waals surface area contributed by atoms with Crippen LogP contribution >= 0.6 is 11.6 Å². The summed E-state index contributed by atoms with van der Waals surface area (Å²) < 4.78 is 44.8. The molecule has 0 saturated carbocycles. The van der Waals surface area contributed by atoms with Crippen LogP contribution in [0.4, 0.5) is 23.7 Å². The Morgan fingerprint density at radius 3 is 2.52 bits per heavy atom. The number of nitrogens with one attached hydrogen (secondary N) is 1. The Balaban J connectivity index is 1.73. The van der Waals surface area contributed by atoms with Gasteiger partial charge < -0.3 is 25.0 Å². The van der Waals surface area contributed by atoms with Gasteiger partial charge in [-0.1, -0.05) is 11.6 Å². The molecule has 0 aromatic heterocycles. The minimum Gasteiger partial charge on any atom is -0.444 e. The zero-order chi connectivity index (χ0) is 24.6. The predicted molar refractivity (Wildman–Crippen MR) is 117 cm³/mol. The summed E-state index contributed by atoms with van der Waals surface area (Å²) in [7, 11) is 0. The number of ether oxygens (including phenoxy) is 1. The van der Waals surface area contributed by atoms with Crippen molar-refractivity contribution in [2.75, 3.05) is 25.0 Å². The molecule has 2 amide bonds. The van der Waals surface area contributed by atoms with E-state index in [2.05, 4.69) is 5.32 Å². The summed E-state index contributed by atoms with van der Waals surface area (Å²) in [6.07, 6.45) is -4.62. The van der Waals surface area contributed by atoms with E-state index in [1.165, 1.54) is 15.9 Å². The second kappa shape index (κ2) is 9.58. The monoisotopic (exact) mass is 491 g/mol. The van der Waals surface area contributed by atoms with Gasteiger partial charge >= 0.3 is 12.3 Å². The number of rotatable bonds is 3. The molecule has 1 aromatic rings. The molecule has 0 bridgehead atoms. The summed E-state index contributed by atoms with van der Waals surface area (Å²) in [6, 6.07) is 1.67. The summed E-state index contributed by atoms with van der Waals surface area (Å²) in [4.78, 5) is 28.7. The number of nitrogens with zero attached hydrogens (tertiary/aromatic N) is 2. The molecule has 0 aliphatic carbocycles. The molecule has 0 radical (unpaired) electrons. The smallest absolute Gasteiger partial charge is 0.416 e. The Morgan fingerprint density at radius 1 is 1.18 bits per heavy atom. The van der Waals surface area contributed by atoms with Crippen LogP contribution in [0.1, 0.15) is 45.6 Å². The molecular formula is C22H29ClF3N3O4. The number of anilines is 1. The third-order valence-corrected chi connectivity index (χ3v) is 5.86. The van der Waals surface area contributed by atoms with Gasteiger partial charge in [-0.2, -0.15) is 13.2 Å². The first-order chi connectivity index (χ1) is 15.2. The number of hydrogen-bond acceptors (Lipinski definition) is 5. The molecule has 3 rings (SSSR count). The van der Waals surface area contributed by atoms with Crippen LogP contribution in [-0.2, 0) is 15.7 Å². The maximum Gasteiger partial charge on any atom is 0.416 e. The van der Waals surface area contributed by atoms with E-state index >= 15 is 0 Å². The third kappa shape index (κ3) is 6.44. The first-order valence-electron chi connectivity index (χ1n) is 10.9. The van der Waals surface area contributed by atoms with E-state index in [0.717, 1.165) is 12.1 Å². The van der Waals surface area contributed by atoms with Crippen LogP contribution in [0.15, 0.2) is 18.2 Å². The van der Waals surface area contributed by atoms with Crippen LogP contribution in [0.3, 0.4) is 0 Å². The first-order valence-corrected chi connectivity index (χ1v) is 11.2. The van der Waals surface area contributed by atoms with Crippen molar-refractivity contribution in [3.63, 3.8) is 0 Å². The molecule has 0 spiro atoms. The number of aliphatic hydroxyl groups excluding tert-OH is 1. The van der Waals surface area contributed by atoms with Gasteiger partial charge in [0.15, 0.2) is 0 Å². The van der Waals surface area contributed by atoms with Gasteiger partial charge in [-0.25, -0.2) is 4.79 Å². The van der Waals surface area contributed by atoms with Gasteiger partial charge in [0.25, 0.3) is 0 Å². The predicted octanol–water partition coefficient (Wildman–Crippen LogP) is 4.13. The minimum atomic E-state index is -4.57. The molecule has 2 aliphatic heterocycles. The van der Waals surface area contributed by atoms with Gasteiger partial charge in [0.2, 0.25) is 5.91 Å². The Hall–Kier alpha value is -2.20. The van der Waals surface area contributed by atoms with Crippen molar-refractivity contribution in [3.05, 3.63) is 28.8 Å². The van der Waals surface area contributed by atoms with Crippen molar-refractivity contribution in [1.82, 2.24) is 9.80 Å². The van der Waals surface area contributed by atoms with Gasteiger partial charge in [-0.05, 0) is 58.2 Å². The fourth-order valence-electron chi connectivity index (χ4n) is 4.12. The summed E-state index contributed by atoms with van der Waals surface area (Å²) in [6.45, 7) is 6.07. The molecule has 1 aromatic carbocycles. The van der Waals surface area contributed by atoms with Crippen LogP contribution < -0.4 is 5.32 Å². The van der Waals surface area contributed by atoms with Crippen molar-refractivity contribution < 1.29 is 32.6 Å². The van der Waals surface area contributed by atoms with Gasteiger partial charge in [0, 0.05) is 30.3 Å². The highest BCUT2D eigenvalue weighted by Gasteiger charge is 2.41. The summed E-state index contributed by atoms with van der Waals surface area (Å²) >= 11 is 5.85. The van der Waals surface area contributed by atoms with E-state index in [-0.39, 0.29) is 29.6 Å². The van der Waals surface area contributed by atoms with Gasteiger partial charge in [0.05, 0.1) is 17.7 Å². The van der Waals surface area contributed by atoms with Crippen LogP contribution in [0.5, 0.6) is 0 Å². The standard InChI is InChI=1S/C22H29ClF3N3O4/c1-21(2,3)33-20(32)28-8-6-18(30)17(12-28)29-7-4-5-16(19(29)31)27-15-10-13(22(24,25)26)9-14(23)11-15/h9-11,16-18,27,30H,4-8,12H2,1-3H3. The fraction of sp³-hybridized carbons (Fsp3) is 0.636. The lowest BCUT2D eigenvalue weighted by molar-refractivity contribution is -0.142. The van der Waals surface area contributed by atoms with Crippen molar-refractivity contribution in [2.45, 2.75) is 70.0 Å². The Kier molecular flexibility index (Phi) is 7.38. The molecule has 2 N–H and O–H groups in total. The number of halogens is 4. The van der Waals surface area contributed by atoms with Crippen LogP contribution in [-0.4, -0.2) is 70.3 Å². The molecule has 2 heterocycles. The number of benzene rings is 1. The van der Waals surface area contributed by atoms with E-state index in [9.17, 15) is 27.9 Å². The molecule has 11 heteroatoms. The maximum absolute atomic E-state index is 13.2. The molecule has 3 unspecified atom stereocenters. The minimum absolute atomic E-state index is 0.0922. The second-order valence-electron chi connectivity index (χ2n) is 9.45. The summed E-state index contributed by atoms with van der Waals surface area (Å²) in [5, 5.41) is 13.3. The third-order valence-electron chi connectivity index (χ3n) is 5.64. The molecule has 7 nitrogen and oxygen atoms in total. The zero-order valence-electron chi connectivity index (χ0n) is 18.8. The average Bonchev–Trinajstić information content (AvgIpc) is 2.68. The van der Waals surface area contributed by atoms with Gasteiger partial charge in [-0.15, -0.1) is 0 Å². The highest BCUT2D eigenvalue weighted by Crippen LogP contribution is 2.34. The largest absolute Gasteiger partial charge is 0.444 e. The number of carbonyl (C=O) groups excluding carboxylic acids is 2. The highest BCUT2D eigenvalue weighted by molar-refractivity contribution is 6.31. The molecule has 184 valence electrons. The SMILES string of the molecule is CC(C)(C)OC(=O)N1CCC(O)C(N2CCCC(Nc3cc(Cl)cc(C(F)(F)F)c3)C2=O)C1. The normalized spacial score (nSPS) is 24.6. The number of likely N-dealkylation sites (tertiary alicyclic amines) is 2. The molecule has 3 atom stereocenters. The van der Waals surface area contributed by atoms with Crippen LogP contribution in [0, 0.1) is 0 Å². The molecule has 2 saturated heterocycles. The maximum atomic E-state index is 13.2. The number of piperidine rings is 2. The second-order valence-corrected chi connectivity index (χ2v) is 9.88. The quantitative estimate of drug-likeness (QED) is 0.664. The fourth-order valence-corrected chi connectivity index (χ4v) is 4.35. The van der Waals surface area contributed by atoms with Crippen molar-refractivity contribution in [3.8, 4) is 0 Å². The number of hydrogen-bond donors (Lipinski definition) is 2. The van der Waals surface area contributed by atoms with Gasteiger partial charge in [-0.3, -0.25) is 4.79 Å². The van der Waals surface area contributed by atoms with E-state index < -0.39 is 41.6 Å². The highest BCUT2D eigenvalue weighted by atomic mass is 35.5. The lowest BCUT2D eigenvalue weighted by atomic mass is 9.96. The zero-order valence-corrected chi connectivity index (χ0v) is 19.5. The van der Waals surface area contributed by atoms with Crippen LogP contribution in [0.25, 0.3) is 0 Å². The number of amides is 2. The Labute approximate surface area is 195 Å². The van der Waals surface area contributed by atoms with E-state index in [1.54, 1.807) is 20.8 Å². The molecule has 2 fully saturated rings. The lowest BCUT2D eigenvalue weighted by Gasteiger charge is -2.45. The van der Waals surface area contributed by atoms with E-state index in [0.29, 0.717) is 25.9 Å². The molecule has 33 heavy (non-hydrogen) atoms. The summed E-state index contributed by atoms with van der Waals surface area (Å²) in [5.74, 6) is -0.343. The van der Waals surface area contributed by atoms with Crippen LogP contribution in [0.2, 0.25) is 5.02 Å². The van der Waals surface area contributed by atoms with Crippen molar-refractivity contribution in [2.24, 2.45) is 0 Å². The Morgan fingerprint density at radius 2 is 1.88 bits per heavy atom. The lowest BCUT2D eigenvalue weighted by Crippen LogP contribution is -2.62. The number of carbonyl (C=O) groups is 2. The molecule has 2 aliphatic rings.